The van der Waals surface area contributed by atoms with Gasteiger partial charge in [-0.1, -0.05) is 18.2 Å². The third-order valence-corrected chi connectivity index (χ3v) is 3.99. The number of nitrogens with one attached hydrogen (secondary N) is 2. The summed E-state index contributed by atoms with van der Waals surface area (Å²) in [7, 11) is 0. The lowest BCUT2D eigenvalue weighted by Crippen LogP contribution is -2.24. The van der Waals surface area contributed by atoms with Crippen molar-refractivity contribution >= 4 is 29.6 Å². The fourth-order valence-electron chi connectivity index (χ4n) is 2.63. The number of amides is 2. The summed E-state index contributed by atoms with van der Waals surface area (Å²) in [6.07, 6.45) is 1.26. The van der Waals surface area contributed by atoms with Crippen LogP contribution in [-0.2, 0) is 4.74 Å². The lowest BCUT2D eigenvalue weighted by atomic mass is 10.1. The number of ether oxygens (including phenoxy) is 1. The van der Waals surface area contributed by atoms with Crippen molar-refractivity contribution in [1.29, 1.82) is 0 Å². The molecule has 0 fully saturated rings. The van der Waals surface area contributed by atoms with E-state index >= 15 is 0 Å². The molecular formula is C21H18N4O6. The van der Waals surface area contributed by atoms with Gasteiger partial charge in [-0.05, 0) is 43.3 Å². The Balaban J connectivity index is 1.71. The molecule has 0 aliphatic rings. The Morgan fingerprint density at radius 1 is 1.16 bits per heavy atom. The van der Waals surface area contributed by atoms with Gasteiger partial charge in [0.25, 0.3) is 5.69 Å². The molecule has 0 atom stereocenters. The molecule has 0 saturated carbocycles. The van der Waals surface area contributed by atoms with Crippen LogP contribution in [0, 0.1) is 10.1 Å². The second kappa shape index (κ2) is 9.83. The number of nitrogens with zero attached hydrogens (tertiary/aromatic N) is 2. The van der Waals surface area contributed by atoms with Crippen LogP contribution in [0.1, 0.15) is 23.0 Å². The number of para-hydroxylation sites is 1. The summed E-state index contributed by atoms with van der Waals surface area (Å²) in [5.41, 5.74) is 2.85. The molecule has 31 heavy (non-hydrogen) atoms. The summed E-state index contributed by atoms with van der Waals surface area (Å²) in [4.78, 5) is 34.5. The number of hydrazone groups is 1. The Kier molecular flexibility index (Phi) is 6.74. The smallest absolute Gasteiger partial charge is 0.339 e. The molecule has 1 aromatic heterocycles. The quantitative estimate of drug-likeness (QED) is 0.254. The number of furan rings is 1. The van der Waals surface area contributed by atoms with Crippen molar-refractivity contribution < 1.29 is 23.7 Å². The number of urea groups is 1. The van der Waals surface area contributed by atoms with Gasteiger partial charge >= 0.3 is 12.0 Å². The van der Waals surface area contributed by atoms with E-state index in [0.717, 1.165) is 6.07 Å². The van der Waals surface area contributed by atoms with Crippen molar-refractivity contribution in [3.63, 3.8) is 0 Å². The van der Waals surface area contributed by atoms with Gasteiger partial charge in [-0.25, -0.2) is 15.0 Å². The van der Waals surface area contributed by atoms with Crippen LogP contribution in [0.4, 0.5) is 16.2 Å². The highest BCUT2D eigenvalue weighted by molar-refractivity contribution is 5.92. The summed E-state index contributed by atoms with van der Waals surface area (Å²) in [6.45, 7) is 1.80. The minimum absolute atomic E-state index is 0.0688. The minimum Gasteiger partial charge on any atom is -0.462 e. The molecule has 1 heterocycles. The standard InChI is InChI=1S/C21H18N4O6/c1-2-30-20(26)14-8-10-17(18(12-14)25(28)29)19-11-9-16(31-19)13-22-24-21(27)23-15-6-4-3-5-7-15/h3-13H,2H2,1H3,(H2,23,24,27)/b22-13-. The Labute approximate surface area is 176 Å². The predicted molar refractivity (Wildman–Crippen MR) is 113 cm³/mol. The topological polar surface area (TPSA) is 136 Å². The SMILES string of the molecule is CCOC(=O)c1ccc(-c2ccc(/C=N\NC(=O)Nc3ccccc3)o2)c([N+](=O)[O-])c1. The summed E-state index contributed by atoms with van der Waals surface area (Å²) in [6, 6.07) is 15.3. The molecule has 0 aliphatic carbocycles. The van der Waals surface area contributed by atoms with E-state index in [1.54, 1.807) is 37.3 Å². The van der Waals surface area contributed by atoms with Crippen LogP contribution < -0.4 is 10.7 Å². The number of hydrogen-bond donors (Lipinski definition) is 2. The molecule has 0 radical (unpaired) electrons. The van der Waals surface area contributed by atoms with Crippen LogP contribution >= 0.6 is 0 Å². The molecule has 0 aliphatic heterocycles. The van der Waals surface area contributed by atoms with Gasteiger partial charge < -0.3 is 14.5 Å². The Bertz CT molecular complexity index is 1120. The Morgan fingerprint density at radius 2 is 1.94 bits per heavy atom. The van der Waals surface area contributed by atoms with Gasteiger partial charge in [0.05, 0.1) is 28.9 Å². The maximum atomic E-state index is 11.8. The first-order valence-electron chi connectivity index (χ1n) is 9.19. The average molecular weight is 422 g/mol. The molecule has 2 N–H and O–H groups in total. The van der Waals surface area contributed by atoms with E-state index in [1.807, 2.05) is 6.07 Å². The van der Waals surface area contributed by atoms with Gasteiger partial charge in [-0.15, -0.1) is 0 Å². The highest BCUT2D eigenvalue weighted by atomic mass is 16.6. The first-order valence-corrected chi connectivity index (χ1v) is 9.19. The van der Waals surface area contributed by atoms with Gasteiger partial charge in [0.1, 0.15) is 11.5 Å². The predicted octanol–water partition coefficient (Wildman–Crippen LogP) is 4.19. The monoisotopic (exact) mass is 422 g/mol. The highest BCUT2D eigenvalue weighted by Gasteiger charge is 2.21. The van der Waals surface area contributed by atoms with Crippen LogP contribution in [-0.4, -0.2) is 29.7 Å². The largest absolute Gasteiger partial charge is 0.462 e. The molecule has 10 nitrogen and oxygen atoms in total. The van der Waals surface area contributed by atoms with E-state index in [4.69, 9.17) is 9.15 Å². The fourth-order valence-corrected chi connectivity index (χ4v) is 2.63. The maximum Gasteiger partial charge on any atom is 0.339 e. The van der Waals surface area contributed by atoms with Crippen molar-refractivity contribution in [2.45, 2.75) is 6.92 Å². The molecular weight excluding hydrogens is 404 g/mol. The first-order chi connectivity index (χ1) is 15.0. The summed E-state index contributed by atoms with van der Waals surface area (Å²) in [5.74, 6) is -0.180. The number of carbonyl (C=O) groups is 2. The van der Waals surface area contributed by atoms with E-state index in [-0.39, 0.29) is 34.9 Å². The van der Waals surface area contributed by atoms with E-state index in [1.165, 1.54) is 24.4 Å². The van der Waals surface area contributed by atoms with E-state index < -0.39 is 16.9 Å². The number of nitro groups is 1. The van der Waals surface area contributed by atoms with Gasteiger partial charge in [-0.3, -0.25) is 10.1 Å². The summed E-state index contributed by atoms with van der Waals surface area (Å²) in [5, 5.41) is 17.8. The normalized spacial score (nSPS) is 10.6. The van der Waals surface area contributed by atoms with Crippen molar-refractivity contribution in [2.75, 3.05) is 11.9 Å². The third-order valence-electron chi connectivity index (χ3n) is 3.99. The average Bonchev–Trinajstić information content (AvgIpc) is 3.23. The molecule has 0 unspecified atom stereocenters. The van der Waals surface area contributed by atoms with E-state index in [9.17, 15) is 19.7 Å². The van der Waals surface area contributed by atoms with E-state index in [0.29, 0.717) is 5.69 Å². The number of benzene rings is 2. The molecule has 3 aromatic rings. The van der Waals surface area contributed by atoms with E-state index in [2.05, 4.69) is 15.8 Å². The molecule has 2 amide bonds. The summed E-state index contributed by atoms with van der Waals surface area (Å²) < 4.78 is 10.4. The number of carbonyl (C=O) groups excluding carboxylic acids is 2. The number of rotatable bonds is 7. The van der Waals surface area contributed by atoms with Gasteiger partial charge in [0, 0.05) is 11.8 Å². The first kappa shape index (κ1) is 21.2. The van der Waals surface area contributed by atoms with Crippen LogP contribution in [0.15, 0.2) is 70.2 Å². The molecule has 3 rings (SSSR count). The Morgan fingerprint density at radius 3 is 2.65 bits per heavy atom. The van der Waals surface area contributed by atoms with Crippen LogP contribution in [0.2, 0.25) is 0 Å². The lowest BCUT2D eigenvalue weighted by Gasteiger charge is -2.04. The van der Waals surface area contributed by atoms with Gasteiger partial charge in [0.15, 0.2) is 0 Å². The minimum atomic E-state index is -0.649. The Hall–Kier alpha value is -4.47. The highest BCUT2D eigenvalue weighted by Crippen LogP contribution is 2.32. The second-order valence-corrected chi connectivity index (χ2v) is 6.10. The van der Waals surface area contributed by atoms with Gasteiger partial charge in [0.2, 0.25) is 0 Å². The maximum absolute atomic E-state index is 11.8. The zero-order chi connectivity index (χ0) is 22.2. The molecule has 0 spiro atoms. The number of esters is 1. The fraction of sp³-hybridized carbons (Fsp3) is 0.0952. The second-order valence-electron chi connectivity index (χ2n) is 6.10. The zero-order valence-electron chi connectivity index (χ0n) is 16.4. The molecule has 10 heteroatoms. The molecule has 0 saturated heterocycles. The number of nitro benzene ring substituents is 1. The number of hydrogen-bond acceptors (Lipinski definition) is 7. The van der Waals surface area contributed by atoms with Crippen molar-refractivity contribution in [1.82, 2.24) is 5.43 Å². The molecule has 2 aromatic carbocycles. The zero-order valence-corrected chi connectivity index (χ0v) is 16.4. The van der Waals surface area contributed by atoms with Crippen LogP contribution in [0.25, 0.3) is 11.3 Å². The van der Waals surface area contributed by atoms with Crippen molar-refractivity contribution in [2.24, 2.45) is 5.10 Å². The third kappa shape index (κ3) is 5.54. The lowest BCUT2D eigenvalue weighted by molar-refractivity contribution is -0.384. The van der Waals surface area contributed by atoms with Gasteiger partial charge in [-0.2, -0.15) is 5.10 Å². The van der Waals surface area contributed by atoms with Crippen LogP contribution in [0.3, 0.4) is 0 Å². The van der Waals surface area contributed by atoms with Crippen molar-refractivity contribution in [3.05, 3.63) is 82.1 Å². The molecule has 158 valence electrons. The summed E-state index contributed by atoms with van der Waals surface area (Å²) >= 11 is 0. The molecule has 0 bridgehead atoms. The van der Waals surface area contributed by atoms with Crippen molar-refractivity contribution in [3.8, 4) is 11.3 Å². The number of anilines is 1. The van der Waals surface area contributed by atoms with Crippen LogP contribution in [0.5, 0.6) is 0 Å².